The first-order valence-electron chi connectivity index (χ1n) is 1.76. The average Bonchev–Trinajstić information content (AvgIpc) is 1.61. The van der Waals surface area contributed by atoms with Crippen molar-refractivity contribution < 1.29 is 43.5 Å². The maximum Gasteiger partial charge on any atom is 1.00 e. The van der Waals surface area contributed by atoms with Crippen LogP contribution in [-0.2, 0) is 9.09 Å². The molecule has 0 aliphatic carbocycles. The van der Waals surface area contributed by atoms with E-state index in [0.29, 0.717) is 0 Å². The molecule has 0 aromatic heterocycles. The van der Waals surface area contributed by atoms with Gasteiger partial charge in [0.25, 0.3) is 0 Å². The largest absolute Gasteiger partial charge is 1.00 e. The van der Waals surface area contributed by atoms with E-state index in [1.165, 1.54) is 6.08 Å². The van der Waals surface area contributed by atoms with E-state index in [-0.39, 0.29) is 29.6 Å². The molecule has 0 aromatic carbocycles. The molecule has 1 unspecified atom stereocenters. The van der Waals surface area contributed by atoms with Gasteiger partial charge in [-0.3, -0.25) is 4.57 Å². The Kier molecular flexibility index (Phi) is 11.1. The van der Waals surface area contributed by atoms with Crippen molar-refractivity contribution in [1.29, 1.82) is 0 Å². The van der Waals surface area contributed by atoms with Crippen LogP contribution < -0.4 is 34.5 Å². The van der Waals surface area contributed by atoms with Crippen molar-refractivity contribution in [2.75, 3.05) is 0 Å². The summed E-state index contributed by atoms with van der Waals surface area (Å²) in [6.45, 7) is 1.67. The zero-order valence-corrected chi connectivity index (χ0v) is 7.88. The minimum absolute atomic E-state index is 0. The molecule has 0 heterocycles. The van der Waals surface area contributed by atoms with Crippen LogP contribution in [0.3, 0.4) is 0 Å². The van der Waals surface area contributed by atoms with Crippen molar-refractivity contribution >= 4 is 8.25 Å². The van der Waals surface area contributed by atoms with Gasteiger partial charge in [-0.1, -0.05) is 6.08 Å². The molecule has 3 nitrogen and oxygen atoms in total. The molecule has 0 N–H and O–H groups in total. The van der Waals surface area contributed by atoms with Crippen LogP contribution in [0.25, 0.3) is 0 Å². The Bertz CT molecular complexity index is 92.5. The predicted molar refractivity (Wildman–Crippen MR) is 24.9 cm³/mol. The fourth-order valence-corrected chi connectivity index (χ4v) is 0.371. The summed E-state index contributed by atoms with van der Waals surface area (Å²) in [4.78, 5) is 9.56. The first-order valence-corrected chi connectivity index (χ1v) is 2.98. The van der Waals surface area contributed by atoms with Gasteiger partial charge in [-0.15, -0.1) is 0 Å². The summed E-state index contributed by atoms with van der Waals surface area (Å²) in [7, 11) is -2.98. The standard InChI is InChI=1S/C3H7O3P.Na/c1-2-3-6-7(4)5;/h2-3,7H,1H3,(H,4,5);/q;+1/p-1/b3-2-;. The molecule has 0 saturated heterocycles. The van der Waals surface area contributed by atoms with Gasteiger partial charge >= 0.3 is 29.6 Å². The second-order valence-corrected chi connectivity index (χ2v) is 1.57. The first kappa shape index (κ1) is 11.5. The molecule has 0 amide bonds. The van der Waals surface area contributed by atoms with E-state index in [2.05, 4.69) is 4.52 Å². The summed E-state index contributed by atoms with van der Waals surface area (Å²) < 4.78 is 13.6. The zero-order valence-electron chi connectivity index (χ0n) is 4.88. The maximum atomic E-state index is 9.56. The zero-order chi connectivity index (χ0) is 5.70. The van der Waals surface area contributed by atoms with Gasteiger partial charge in [0.05, 0.1) is 6.26 Å². The van der Waals surface area contributed by atoms with Crippen LogP contribution in [0.15, 0.2) is 12.3 Å². The molecule has 0 spiro atoms. The van der Waals surface area contributed by atoms with Crippen LogP contribution in [0.4, 0.5) is 0 Å². The fraction of sp³-hybridized carbons (Fsp3) is 0.333. The molecule has 0 rings (SSSR count). The van der Waals surface area contributed by atoms with Gasteiger partial charge in [-0.25, -0.2) is 0 Å². The van der Waals surface area contributed by atoms with Crippen molar-refractivity contribution in [3.05, 3.63) is 12.3 Å². The molecule has 0 aliphatic heterocycles. The van der Waals surface area contributed by atoms with Crippen molar-refractivity contribution in [3.8, 4) is 0 Å². The van der Waals surface area contributed by atoms with Crippen molar-refractivity contribution in [3.63, 3.8) is 0 Å². The summed E-state index contributed by atoms with van der Waals surface area (Å²) >= 11 is 0. The molecule has 42 valence electrons. The predicted octanol–water partition coefficient (Wildman–Crippen LogP) is -2.71. The van der Waals surface area contributed by atoms with Gasteiger partial charge in [-0.2, -0.15) is 0 Å². The minimum atomic E-state index is -2.98. The van der Waals surface area contributed by atoms with Gasteiger partial charge in [0.1, 0.15) is 0 Å². The maximum absolute atomic E-state index is 9.56. The minimum Gasteiger partial charge on any atom is -0.771 e. The summed E-state index contributed by atoms with van der Waals surface area (Å²) in [6, 6.07) is 0. The second kappa shape index (κ2) is 7.73. The number of hydrogen-bond acceptors (Lipinski definition) is 3. The SMILES string of the molecule is C/C=C\O[PH](=O)[O-].[Na+]. The van der Waals surface area contributed by atoms with Crippen LogP contribution in [0, 0.1) is 0 Å². The molecular weight excluding hydrogens is 138 g/mol. The smallest absolute Gasteiger partial charge is 0.771 e. The third kappa shape index (κ3) is 9.88. The molecule has 0 bridgehead atoms. The first-order chi connectivity index (χ1) is 3.27. The molecule has 1 atom stereocenters. The average molecular weight is 144 g/mol. The molecule has 0 saturated carbocycles. The van der Waals surface area contributed by atoms with Crippen molar-refractivity contribution in [1.82, 2.24) is 0 Å². The summed E-state index contributed by atoms with van der Waals surface area (Å²) in [6.07, 6.45) is 2.62. The molecule has 0 radical (unpaired) electrons. The van der Waals surface area contributed by atoms with Gasteiger partial charge in [0, 0.05) is 0 Å². The second-order valence-electron chi connectivity index (χ2n) is 0.837. The molecule has 8 heavy (non-hydrogen) atoms. The monoisotopic (exact) mass is 144 g/mol. The van der Waals surface area contributed by atoms with Gasteiger partial charge in [-0.05, 0) is 6.92 Å². The Morgan fingerprint density at radius 3 is 2.38 bits per heavy atom. The van der Waals surface area contributed by atoms with E-state index in [9.17, 15) is 9.46 Å². The van der Waals surface area contributed by atoms with E-state index in [0.717, 1.165) is 6.26 Å². The summed E-state index contributed by atoms with van der Waals surface area (Å²) in [5, 5.41) is 0. The summed E-state index contributed by atoms with van der Waals surface area (Å²) in [5.41, 5.74) is 0. The van der Waals surface area contributed by atoms with E-state index >= 15 is 0 Å². The van der Waals surface area contributed by atoms with Gasteiger partial charge in [0.15, 0.2) is 8.25 Å². The fourth-order valence-electron chi connectivity index (χ4n) is 0.124. The molecule has 0 aromatic rings. The Balaban J connectivity index is 0. The number of rotatable bonds is 2. The quantitative estimate of drug-likeness (QED) is 0.240. The molecular formula is C3H6NaO3P. The third-order valence-corrected chi connectivity index (χ3v) is 0.629. The van der Waals surface area contributed by atoms with E-state index in [1.54, 1.807) is 6.92 Å². The van der Waals surface area contributed by atoms with Crippen LogP contribution in [-0.4, -0.2) is 0 Å². The third-order valence-electron chi connectivity index (χ3n) is 0.300. The van der Waals surface area contributed by atoms with E-state index in [4.69, 9.17) is 0 Å². The van der Waals surface area contributed by atoms with Crippen molar-refractivity contribution in [2.45, 2.75) is 6.92 Å². The van der Waals surface area contributed by atoms with Crippen molar-refractivity contribution in [2.24, 2.45) is 0 Å². The molecule has 0 aliphatic rings. The Morgan fingerprint density at radius 2 is 2.25 bits per heavy atom. The van der Waals surface area contributed by atoms with Crippen LogP contribution in [0.1, 0.15) is 6.92 Å². The molecule has 0 fully saturated rings. The number of allylic oxidation sites excluding steroid dienone is 1. The topological polar surface area (TPSA) is 49.4 Å². The van der Waals surface area contributed by atoms with Gasteiger partial charge in [0.2, 0.25) is 0 Å². The van der Waals surface area contributed by atoms with E-state index < -0.39 is 8.25 Å². The van der Waals surface area contributed by atoms with Crippen LogP contribution in [0.5, 0.6) is 0 Å². The van der Waals surface area contributed by atoms with Gasteiger partial charge < -0.3 is 9.42 Å². The van der Waals surface area contributed by atoms with Crippen LogP contribution >= 0.6 is 8.25 Å². The van der Waals surface area contributed by atoms with Crippen LogP contribution in [0.2, 0.25) is 0 Å². The Morgan fingerprint density at radius 1 is 1.75 bits per heavy atom. The molecule has 5 heteroatoms. The number of hydrogen-bond donors (Lipinski definition) is 0. The van der Waals surface area contributed by atoms with E-state index in [1.807, 2.05) is 0 Å². The Labute approximate surface area is 71.0 Å². The Hall–Kier alpha value is 0.730. The summed E-state index contributed by atoms with van der Waals surface area (Å²) in [5.74, 6) is 0. The normalized spacial score (nSPS) is 12.8.